The second-order valence-electron chi connectivity index (χ2n) is 4.41. The maximum absolute atomic E-state index is 11.4. The van der Waals surface area contributed by atoms with Crippen molar-refractivity contribution in [3.05, 3.63) is 0 Å². The van der Waals surface area contributed by atoms with Crippen molar-refractivity contribution < 1.29 is 4.79 Å². The van der Waals surface area contributed by atoms with Gasteiger partial charge >= 0.3 is 6.03 Å². The van der Waals surface area contributed by atoms with Crippen LogP contribution in [-0.2, 0) is 0 Å². The summed E-state index contributed by atoms with van der Waals surface area (Å²) in [6.45, 7) is 10.0. The van der Waals surface area contributed by atoms with Crippen LogP contribution in [0, 0.1) is 0 Å². The molecular formula is C10H22N2OS. The molecule has 0 aliphatic rings. The summed E-state index contributed by atoms with van der Waals surface area (Å²) in [4.78, 5) is 11.4. The Hall–Kier alpha value is -0.380. The number of carbonyl (C=O) groups is 1. The molecule has 2 amide bonds. The van der Waals surface area contributed by atoms with Crippen molar-refractivity contribution in [1.82, 2.24) is 10.6 Å². The van der Waals surface area contributed by atoms with E-state index in [1.165, 1.54) is 0 Å². The Bertz CT molecular complexity index is 177. The molecule has 1 atom stereocenters. The standard InChI is InChI=1S/C10H22N2OS/c1-6-14-7-8(2)11-9(13)12-10(3,4)5/h8H,6-7H2,1-5H3,(H2,11,12,13). The van der Waals surface area contributed by atoms with Gasteiger partial charge in [-0.25, -0.2) is 4.79 Å². The van der Waals surface area contributed by atoms with E-state index in [4.69, 9.17) is 0 Å². The van der Waals surface area contributed by atoms with Crippen molar-refractivity contribution >= 4 is 17.8 Å². The molecule has 2 N–H and O–H groups in total. The topological polar surface area (TPSA) is 41.1 Å². The van der Waals surface area contributed by atoms with Crippen LogP contribution in [0.1, 0.15) is 34.6 Å². The average Bonchev–Trinajstić information content (AvgIpc) is 1.96. The minimum atomic E-state index is -0.165. The van der Waals surface area contributed by atoms with Crippen LogP contribution in [0.15, 0.2) is 0 Å². The molecule has 0 bridgehead atoms. The first-order valence-electron chi connectivity index (χ1n) is 5.01. The third-order valence-electron chi connectivity index (χ3n) is 1.44. The number of hydrogen-bond acceptors (Lipinski definition) is 2. The van der Waals surface area contributed by atoms with Crippen molar-refractivity contribution in [3.63, 3.8) is 0 Å². The molecule has 0 saturated heterocycles. The van der Waals surface area contributed by atoms with E-state index < -0.39 is 0 Å². The Kier molecular flexibility index (Phi) is 6.00. The Morgan fingerprint density at radius 3 is 2.43 bits per heavy atom. The van der Waals surface area contributed by atoms with E-state index in [9.17, 15) is 4.79 Å². The Balaban J connectivity index is 3.71. The number of urea groups is 1. The fourth-order valence-electron chi connectivity index (χ4n) is 0.937. The zero-order valence-corrected chi connectivity index (χ0v) is 10.6. The molecule has 0 fully saturated rings. The minimum absolute atomic E-state index is 0.0818. The highest BCUT2D eigenvalue weighted by atomic mass is 32.2. The molecule has 0 spiro atoms. The summed E-state index contributed by atoms with van der Waals surface area (Å²) in [5.74, 6) is 2.06. The highest BCUT2D eigenvalue weighted by Crippen LogP contribution is 2.02. The lowest BCUT2D eigenvalue weighted by molar-refractivity contribution is 0.230. The molecule has 84 valence electrons. The molecule has 0 radical (unpaired) electrons. The lowest BCUT2D eigenvalue weighted by Crippen LogP contribution is -2.49. The van der Waals surface area contributed by atoms with E-state index in [-0.39, 0.29) is 17.6 Å². The van der Waals surface area contributed by atoms with Gasteiger partial charge in [-0.15, -0.1) is 0 Å². The normalized spacial score (nSPS) is 13.5. The van der Waals surface area contributed by atoms with Crippen molar-refractivity contribution in [2.45, 2.75) is 46.2 Å². The smallest absolute Gasteiger partial charge is 0.315 e. The molecule has 0 rings (SSSR count). The van der Waals surface area contributed by atoms with Crippen LogP contribution in [0.3, 0.4) is 0 Å². The van der Waals surface area contributed by atoms with Gasteiger partial charge in [-0.05, 0) is 33.4 Å². The molecule has 4 heteroatoms. The van der Waals surface area contributed by atoms with Crippen LogP contribution >= 0.6 is 11.8 Å². The number of amides is 2. The number of thioether (sulfide) groups is 1. The van der Waals surface area contributed by atoms with E-state index in [1.807, 2.05) is 39.5 Å². The summed E-state index contributed by atoms with van der Waals surface area (Å²) in [5, 5.41) is 5.77. The first-order chi connectivity index (χ1) is 6.35. The van der Waals surface area contributed by atoms with Crippen LogP contribution < -0.4 is 10.6 Å². The number of carbonyl (C=O) groups excluding carboxylic acids is 1. The van der Waals surface area contributed by atoms with Gasteiger partial charge in [0.25, 0.3) is 0 Å². The van der Waals surface area contributed by atoms with E-state index in [2.05, 4.69) is 17.6 Å². The maximum Gasteiger partial charge on any atom is 0.315 e. The van der Waals surface area contributed by atoms with Crippen LogP contribution in [0.2, 0.25) is 0 Å². The monoisotopic (exact) mass is 218 g/mol. The van der Waals surface area contributed by atoms with Crippen molar-refractivity contribution in [3.8, 4) is 0 Å². The van der Waals surface area contributed by atoms with Crippen LogP contribution in [-0.4, -0.2) is 29.1 Å². The van der Waals surface area contributed by atoms with Gasteiger partial charge in [0.15, 0.2) is 0 Å². The molecule has 0 aliphatic carbocycles. The zero-order chi connectivity index (χ0) is 11.2. The van der Waals surface area contributed by atoms with Crippen molar-refractivity contribution in [2.24, 2.45) is 0 Å². The Labute approximate surface area is 91.4 Å². The van der Waals surface area contributed by atoms with E-state index in [0.717, 1.165) is 11.5 Å². The van der Waals surface area contributed by atoms with E-state index in [1.54, 1.807) is 0 Å². The highest BCUT2D eigenvalue weighted by Gasteiger charge is 2.14. The second-order valence-corrected chi connectivity index (χ2v) is 5.73. The summed E-state index contributed by atoms with van der Waals surface area (Å²) in [5.41, 5.74) is -0.165. The highest BCUT2D eigenvalue weighted by molar-refractivity contribution is 7.99. The summed E-state index contributed by atoms with van der Waals surface area (Å²) in [6.07, 6.45) is 0. The van der Waals surface area contributed by atoms with Gasteiger partial charge in [0.1, 0.15) is 0 Å². The third-order valence-corrected chi connectivity index (χ3v) is 2.58. The number of hydrogen-bond donors (Lipinski definition) is 2. The zero-order valence-electron chi connectivity index (χ0n) is 9.81. The van der Waals surface area contributed by atoms with Gasteiger partial charge in [0.2, 0.25) is 0 Å². The van der Waals surface area contributed by atoms with Crippen LogP contribution in [0.25, 0.3) is 0 Å². The quantitative estimate of drug-likeness (QED) is 0.759. The number of rotatable bonds is 4. The Morgan fingerprint density at radius 1 is 1.43 bits per heavy atom. The van der Waals surface area contributed by atoms with Gasteiger partial charge in [-0.2, -0.15) is 11.8 Å². The largest absolute Gasteiger partial charge is 0.335 e. The fourth-order valence-corrected chi connectivity index (χ4v) is 1.61. The first kappa shape index (κ1) is 13.6. The summed E-state index contributed by atoms with van der Waals surface area (Å²) >= 11 is 1.83. The van der Waals surface area contributed by atoms with Crippen LogP contribution in [0.4, 0.5) is 4.79 Å². The first-order valence-corrected chi connectivity index (χ1v) is 6.17. The van der Waals surface area contributed by atoms with E-state index in [0.29, 0.717) is 0 Å². The van der Waals surface area contributed by atoms with Crippen molar-refractivity contribution in [1.29, 1.82) is 0 Å². The predicted octanol–water partition coefficient (Wildman–Crippen LogP) is 2.23. The SMILES string of the molecule is CCSCC(C)NC(=O)NC(C)(C)C. The molecule has 1 unspecified atom stereocenters. The second kappa shape index (κ2) is 6.17. The van der Waals surface area contributed by atoms with Gasteiger partial charge in [0, 0.05) is 17.3 Å². The lowest BCUT2D eigenvalue weighted by atomic mass is 10.1. The molecule has 3 nitrogen and oxygen atoms in total. The Morgan fingerprint density at radius 2 is 2.00 bits per heavy atom. The lowest BCUT2D eigenvalue weighted by Gasteiger charge is -2.22. The third kappa shape index (κ3) is 8.23. The average molecular weight is 218 g/mol. The van der Waals surface area contributed by atoms with Crippen molar-refractivity contribution in [2.75, 3.05) is 11.5 Å². The molecule has 14 heavy (non-hydrogen) atoms. The summed E-state index contributed by atoms with van der Waals surface area (Å²) in [6, 6.07) is 0.143. The van der Waals surface area contributed by atoms with Gasteiger partial charge < -0.3 is 10.6 Å². The molecule has 0 heterocycles. The van der Waals surface area contributed by atoms with Gasteiger partial charge in [-0.3, -0.25) is 0 Å². The van der Waals surface area contributed by atoms with Gasteiger partial charge in [0.05, 0.1) is 0 Å². The molecule has 0 aliphatic heterocycles. The molecule has 0 aromatic heterocycles. The molecular weight excluding hydrogens is 196 g/mol. The van der Waals surface area contributed by atoms with E-state index >= 15 is 0 Å². The van der Waals surface area contributed by atoms with Gasteiger partial charge in [-0.1, -0.05) is 6.92 Å². The summed E-state index contributed by atoms with van der Waals surface area (Å²) < 4.78 is 0. The fraction of sp³-hybridized carbons (Fsp3) is 0.900. The van der Waals surface area contributed by atoms with Crippen LogP contribution in [0.5, 0.6) is 0 Å². The predicted molar refractivity (Wildman–Crippen MR) is 63.9 cm³/mol. The molecule has 0 aromatic carbocycles. The molecule has 0 saturated carbocycles. The molecule has 0 aromatic rings. The minimum Gasteiger partial charge on any atom is -0.335 e. The summed E-state index contributed by atoms with van der Waals surface area (Å²) in [7, 11) is 0. The maximum atomic E-state index is 11.4. The number of nitrogens with one attached hydrogen (secondary N) is 2.